The summed E-state index contributed by atoms with van der Waals surface area (Å²) in [6, 6.07) is 9.82. The van der Waals surface area contributed by atoms with Crippen molar-refractivity contribution in [3.05, 3.63) is 46.2 Å². The topological polar surface area (TPSA) is 113 Å². The predicted molar refractivity (Wildman–Crippen MR) is 73.5 cm³/mol. The zero-order chi connectivity index (χ0) is 13.4. The second-order valence-corrected chi connectivity index (χ2v) is 4.35. The van der Waals surface area contributed by atoms with Crippen molar-refractivity contribution in [1.29, 1.82) is 0 Å². The minimum Gasteiger partial charge on any atom is -0.369 e. The number of aromatic nitrogens is 2. The van der Waals surface area contributed by atoms with Gasteiger partial charge >= 0.3 is 0 Å². The van der Waals surface area contributed by atoms with Crippen LogP contribution in [-0.4, -0.2) is 16.3 Å². The van der Waals surface area contributed by atoms with Crippen molar-refractivity contribution in [2.45, 2.75) is 12.8 Å². The van der Waals surface area contributed by atoms with Crippen molar-refractivity contribution in [2.75, 3.05) is 16.0 Å². The Morgan fingerprint density at radius 2 is 2.05 bits per heavy atom. The van der Waals surface area contributed by atoms with E-state index in [1.54, 1.807) is 4.90 Å². The van der Waals surface area contributed by atoms with Crippen molar-refractivity contribution < 1.29 is 0 Å². The molecule has 1 atom stereocenters. The van der Waals surface area contributed by atoms with Gasteiger partial charge in [-0.15, -0.1) is 0 Å². The van der Waals surface area contributed by atoms with Gasteiger partial charge in [-0.25, -0.2) is 0 Å². The van der Waals surface area contributed by atoms with Gasteiger partial charge in [0.25, 0.3) is 5.56 Å². The Kier molecular flexibility index (Phi) is 2.60. The molecule has 98 valence electrons. The van der Waals surface area contributed by atoms with Gasteiger partial charge in [-0.1, -0.05) is 30.3 Å². The lowest BCUT2D eigenvalue weighted by molar-refractivity contribution is 0.691. The van der Waals surface area contributed by atoms with E-state index in [1.807, 2.05) is 30.3 Å². The summed E-state index contributed by atoms with van der Waals surface area (Å²) >= 11 is 0. The average molecular weight is 258 g/mol. The van der Waals surface area contributed by atoms with Crippen LogP contribution in [0.4, 0.5) is 17.5 Å². The lowest BCUT2D eigenvalue weighted by atomic mass is 10.2. The number of rotatable bonds is 2. The van der Waals surface area contributed by atoms with E-state index in [4.69, 9.17) is 11.5 Å². The largest absolute Gasteiger partial charge is 0.369 e. The second-order valence-electron chi connectivity index (χ2n) is 4.35. The summed E-state index contributed by atoms with van der Waals surface area (Å²) in [7, 11) is 0. The van der Waals surface area contributed by atoms with Crippen LogP contribution in [0.5, 0.6) is 0 Å². The zero-order valence-electron chi connectivity index (χ0n) is 10.1. The Bertz CT molecular complexity index is 653. The number of aromatic amines is 1. The number of nitrogens with one attached hydrogen (secondary N) is 2. The van der Waals surface area contributed by atoms with Crippen LogP contribution in [0.2, 0.25) is 0 Å². The molecule has 0 aliphatic carbocycles. The molecule has 7 nitrogen and oxygen atoms in total. The summed E-state index contributed by atoms with van der Waals surface area (Å²) in [5.41, 5.74) is 12.7. The van der Waals surface area contributed by atoms with Gasteiger partial charge in [0.2, 0.25) is 5.95 Å². The van der Waals surface area contributed by atoms with Crippen LogP contribution in [-0.2, 0) is 6.54 Å². The van der Waals surface area contributed by atoms with Crippen LogP contribution >= 0.6 is 0 Å². The third kappa shape index (κ3) is 2.00. The molecule has 2 heterocycles. The van der Waals surface area contributed by atoms with Crippen LogP contribution in [0.25, 0.3) is 0 Å². The van der Waals surface area contributed by atoms with Crippen LogP contribution in [0.3, 0.4) is 0 Å². The number of benzene rings is 1. The Labute approximate surface area is 109 Å². The summed E-state index contributed by atoms with van der Waals surface area (Å²) in [6.07, 6.45) is -0.495. The molecule has 0 spiro atoms. The van der Waals surface area contributed by atoms with Crippen LogP contribution < -0.4 is 27.2 Å². The predicted octanol–water partition coefficient (Wildman–Crippen LogP) is 0.0265. The highest BCUT2D eigenvalue weighted by Gasteiger charge is 2.30. The number of nitrogens with two attached hydrogens (primary N) is 2. The quantitative estimate of drug-likeness (QED) is 0.604. The van der Waals surface area contributed by atoms with Crippen molar-refractivity contribution in [3.63, 3.8) is 0 Å². The van der Waals surface area contributed by atoms with Gasteiger partial charge in [0.05, 0.1) is 0 Å². The van der Waals surface area contributed by atoms with Crippen LogP contribution in [0, 0.1) is 0 Å². The minimum atomic E-state index is -0.495. The van der Waals surface area contributed by atoms with Gasteiger partial charge in [-0.3, -0.25) is 15.5 Å². The SMILES string of the molecule is Nc1nc2c(c(=O)[nH]1)NC(N)N2Cc1ccccc1. The van der Waals surface area contributed by atoms with Crippen LogP contribution in [0.15, 0.2) is 35.1 Å². The molecule has 3 rings (SSSR count). The lowest BCUT2D eigenvalue weighted by Gasteiger charge is -2.22. The Balaban J connectivity index is 1.99. The van der Waals surface area contributed by atoms with Crippen molar-refractivity contribution in [2.24, 2.45) is 5.73 Å². The summed E-state index contributed by atoms with van der Waals surface area (Å²) in [5.74, 6) is 0.565. The van der Waals surface area contributed by atoms with Gasteiger partial charge in [-0.2, -0.15) is 4.98 Å². The summed E-state index contributed by atoms with van der Waals surface area (Å²) in [5, 5.41) is 2.91. The van der Waals surface area contributed by atoms with E-state index < -0.39 is 6.29 Å². The fourth-order valence-corrected chi connectivity index (χ4v) is 2.13. The number of nitrogens with zero attached hydrogens (tertiary/aromatic N) is 2. The highest BCUT2D eigenvalue weighted by molar-refractivity contribution is 5.71. The number of H-pyrrole nitrogens is 1. The molecule has 2 aromatic rings. The minimum absolute atomic E-state index is 0.0812. The molecule has 0 saturated carbocycles. The first kappa shape index (κ1) is 11.5. The molecule has 19 heavy (non-hydrogen) atoms. The Morgan fingerprint density at radius 3 is 2.79 bits per heavy atom. The Hall–Kier alpha value is -2.54. The van der Waals surface area contributed by atoms with Crippen molar-refractivity contribution in [1.82, 2.24) is 9.97 Å². The lowest BCUT2D eigenvalue weighted by Crippen LogP contribution is -2.42. The van der Waals surface area contributed by atoms with E-state index in [2.05, 4.69) is 15.3 Å². The standard InChI is InChI=1S/C12H14N6O/c13-11-16-9-8(10(19)17-11)15-12(14)18(9)6-7-4-2-1-3-5-7/h1-5,12,15H,6,14H2,(H3,13,16,17,19). The number of hydrogen-bond donors (Lipinski definition) is 4. The van der Waals surface area contributed by atoms with E-state index in [-0.39, 0.29) is 11.5 Å². The molecule has 1 unspecified atom stereocenters. The van der Waals surface area contributed by atoms with E-state index >= 15 is 0 Å². The smallest absolute Gasteiger partial charge is 0.277 e. The van der Waals surface area contributed by atoms with Crippen LogP contribution in [0.1, 0.15) is 5.56 Å². The van der Waals surface area contributed by atoms with Gasteiger partial charge in [0.15, 0.2) is 12.1 Å². The van der Waals surface area contributed by atoms with Gasteiger partial charge < -0.3 is 16.0 Å². The highest BCUT2D eigenvalue weighted by Crippen LogP contribution is 2.29. The van der Waals surface area contributed by atoms with Gasteiger partial charge in [0.1, 0.15) is 5.69 Å². The first-order chi connectivity index (χ1) is 9.15. The normalized spacial score (nSPS) is 17.1. The van der Waals surface area contributed by atoms with Gasteiger partial charge in [0, 0.05) is 6.54 Å². The third-order valence-electron chi connectivity index (χ3n) is 3.01. The molecule has 0 radical (unpaired) electrons. The molecule has 1 aliphatic rings. The van der Waals surface area contributed by atoms with Crippen molar-refractivity contribution >= 4 is 17.5 Å². The van der Waals surface area contributed by atoms with E-state index in [0.717, 1.165) is 5.56 Å². The fourth-order valence-electron chi connectivity index (χ4n) is 2.13. The number of anilines is 3. The van der Waals surface area contributed by atoms with E-state index in [0.29, 0.717) is 18.1 Å². The molecule has 1 aromatic carbocycles. The molecule has 1 aliphatic heterocycles. The molecule has 0 amide bonds. The maximum absolute atomic E-state index is 11.8. The highest BCUT2D eigenvalue weighted by atomic mass is 16.1. The van der Waals surface area contributed by atoms with Crippen molar-refractivity contribution in [3.8, 4) is 0 Å². The fraction of sp³-hybridized carbons (Fsp3) is 0.167. The molecule has 1 aromatic heterocycles. The molecule has 6 N–H and O–H groups in total. The Morgan fingerprint density at radius 1 is 1.32 bits per heavy atom. The number of fused-ring (bicyclic) bond motifs is 1. The average Bonchev–Trinajstić information content (AvgIpc) is 2.69. The second kappa shape index (κ2) is 4.29. The summed E-state index contributed by atoms with van der Waals surface area (Å²) in [6.45, 7) is 0.553. The molecular formula is C12H14N6O. The van der Waals surface area contributed by atoms with E-state index in [1.165, 1.54) is 0 Å². The maximum Gasteiger partial charge on any atom is 0.277 e. The molecule has 0 saturated heterocycles. The van der Waals surface area contributed by atoms with E-state index in [9.17, 15) is 4.79 Å². The first-order valence-corrected chi connectivity index (χ1v) is 5.87. The summed E-state index contributed by atoms with van der Waals surface area (Å²) < 4.78 is 0. The molecule has 0 bridgehead atoms. The first-order valence-electron chi connectivity index (χ1n) is 5.87. The number of nitrogen functional groups attached to an aromatic ring is 1. The summed E-state index contributed by atoms with van der Waals surface area (Å²) in [4.78, 5) is 20.1. The maximum atomic E-state index is 11.8. The molecular weight excluding hydrogens is 244 g/mol. The monoisotopic (exact) mass is 258 g/mol. The molecule has 7 heteroatoms. The number of hydrogen-bond acceptors (Lipinski definition) is 6. The third-order valence-corrected chi connectivity index (χ3v) is 3.01. The zero-order valence-corrected chi connectivity index (χ0v) is 10.1. The molecule has 0 fully saturated rings. The van der Waals surface area contributed by atoms with Gasteiger partial charge in [-0.05, 0) is 5.56 Å².